The number of carbonyl (C=O) groups is 3. The number of ether oxygens (including phenoxy) is 1. The Kier molecular flexibility index (Phi) is 5.19. The molecule has 6 heteroatoms. The molecule has 0 bridgehead atoms. The van der Waals surface area contributed by atoms with Crippen LogP contribution >= 0.6 is 22.6 Å². The molecular weight excluding hydrogens is 493 g/mol. The molecule has 1 spiro atoms. The number of halogens is 1. The van der Waals surface area contributed by atoms with Crippen molar-refractivity contribution in [2.45, 2.75) is 5.54 Å². The Morgan fingerprint density at radius 1 is 1.03 bits per heavy atom. The van der Waals surface area contributed by atoms with E-state index in [2.05, 4.69) is 22.6 Å². The van der Waals surface area contributed by atoms with E-state index in [1.807, 2.05) is 30.3 Å². The van der Waals surface area contributed by atoms with E-state index in [1.165, 1.54) is 17.1 Å². The highest BCUT2D eigenvalue weighted by Crippen LogP contribution is 2.50. The average molecular weight is 511 g/mol. The van der Waals surface area contributed by atoms with Gasteiger partial charge in [0.1, 0.15) is 11.3 Å². The zero-order chi connectivity index (χ0) is 21.5. The maximum atomic E-state index is 13.5. The van der Waals surface area contributed by atoms with Crippen molar-refractivity contribution < 1.29 is 19.1 Å². The maximum Gasteiger partial charge on any atom is 0.259 e. The van der Waals surface area contributed by atoms with Crippen LogP contribution in [0.2, 0.25) is 0 Å². The molecule has 1 aliphatic heterocycles. The zero-order valence-corrected chi connectivity index (χ0v) is 18.5. The predicted octanol–water partition coefficient (Wildman–Crippen LogP) is 4.00. The highest BCUT2D eigenvalue weighted by Gasteiger charge is 2.53. The van der Waals surface area contributed by atoms with Gasteiger partial charge in [0.15, 0.2) is 11.6 Å². The molecule has 2 aliphatic rings. The van der Waals surface area contributed by atoms with Crippen LogP contribution in [0.5, 0.6) is 5.75 Å². The summed E-state index contributed by atoms with van der Waals surface area (Å²) in [5, 5.41) is 0. The van der Waals surface area contributed by atoms with E-state index >= 15 is 0 Å². The van der Waals surface area contributed by atoms with Crippen molar-refractivity contribution in [3.63, 3.8) is 0 Å². The van der Waals surface area contributed by atoms with E-state index in [0.29, 0.717) is 20.5 Å². The minimum atomic E-state index is -0.996. The molecular formula is C24H18INO4. The fourth-order valence-electron chi connectivity index (χ4n) is 3.90. The summed E-state index contributed by atoms with van der Waals surface area (Å²) < 4.78 is 5.84. The van der Waals surface area contributed by atoms with Crippen LogP contribution in [0.3, 0.4) is 0 Å². The molecule has 1 atom stereocenters. The van der Waals surface area contributed by atoms with Crippen LogP contribution in [-0.4, -0.2) is 42.1 Å². The van der Waals surface area contributed by atoms with Gasteiger partial charge in [-0.05, 0) is 70.6 Å². The Hall–Kier alpha value is -3.00. The molecule has 1 amide bonds. The van der Waals surface area contributed by atoms with E-state index in [9.17, 15) is 14.4 Å². The van der Waals surface area contributed by atoms with Crippen molar-refractivity contribution in [2.24, 2.45) is 0 Å². The summed E-state index contributed by atoms with van der Waals surface area (Å²) in [7, 11) is 3.21. The van der Waals surface area contributed by atoms with Gasteiger partial charge in [0.05, 0.1) is 12.7 Å². The van der Waals surface area contributed by atoms with E-state index < -0.39 is 5.54 Å². The Balaban J connectivity index is 1.98. The van der Waals surface area contributed by atoms with Gasteiger partial charge in [0.2, 0.25) is 0 Å². The minimum Gasteiger partial charge on any atom is -0.497 e. The molecule has 30 heavy (non-hydrogen) atoms. The molecule has 0 aromatic heterocycles. The molecule has 0 radical (unpaired) electrons. The summed E-state index contributed by atoms with van der Waals surface area (Å²) in [4.78, 5) is 40.4. The van der Waals surface area contributed by atoms with Crippen LogP contribution in [0.1, 0.15) is 15.9 Å². The Morgan fingerprint density at radius 3 is 2.30 bits per heavy atom. The number of ketones is 2. The van der Waals surface area contributed by atoms with Crippen LogP contribution in [-0.2, 0) is 9.59 Å². The van der Waals surface area contributed by atoms with Crippen molar-refractivity contribution in [1.29, 1.82) is 0 Å². The molecule has 0 saturated heterocycles. The maximum absolute atomic E-state index is 13.5. The first kappa shape index (κ1) is 20.3. The second-order valence-electron chi connectivity index (χ2n) is 7.03. The highest BCUT2D eigenvalue weighted by molar-refractivity contribution is 14.1. The van der Waals surface area contributed by atoms with E-state index in [1.54, 1.807) is 44.5 Å². The van der Waals surface area contributed by atoms with Crippen LogP contribution in [0.25, 0.3) is 5.57 Å². The van der Waals surface area contributed by atoms with E-state index in [4.69, 9.17) is 4.74 Å². The summed E-state index contributed by atoms with van der Waals surface area (Å²) in [5.74, 6) is -0.259. The summed E-state index contributed by atoms with van der Waals surface area (Å²) in [5.41, 5.74) is 0.849. The smallest absolute Gasteiger partial charge is 0.259 e. The second-order valence-corrected chi connectivity index (χ2v) is 8.19. The van der Waals surface area contributed by atoms with Crippen molar-refractivity contribution >= 4 is 45.6 Å². The number of nitrogens with zero attached hydrogens (tertiary/aromatic N) is 1. The van der Waals surface area contributed by atoms with Gasteiger partial charge < -0.3 is 9.64 Å². The lowest BCUT2D eigenvalue weighted by Crippen LogP contribution is -2.45. The van der Waals surface area contributed by atoms with Gasteiger partial charge in [-0.1, -0.05) is 30.3 Å². The third-order valence-corrected chi connectivity index (χ3v) is 6.58. The van der Waals surface area contributed by atoms with Crippen molar-refractivity contribution in [2.75, 3.05) is 14.2 Å². The van der Waals surface area contributed by atoms with Crippen LogP contribution in [0.15, 0.2) is 82.0 Å². The summed E-state index contributed by atoms with van der Waals surface area (Å²) >= 11 is 2.08. The third kappa shape index (κ3) is 3.02. The predicted molar refractivity (Wildman–Crippen MR) is 122 cm³/mol. The minimum absolute atomic E-state index is 0.107. The summed E-state index contributed by atoms with van der Waals surface area (Å²) in [6.07, 6.45) is 4.68. The molecule has 0 fully saturated rings. The van der Waals surface area contributed by atoms with E-state index in [0.717, 1.165) is 5.56 Å². The van der Waals surface area contributed by atoms with Crippen LogP contribution < -0.4 is 4.74 Å². The van der Waals surface area contributed by atoms with Crippen LogP contribution in [0, 0.1) is 0 Å². The normalized spacial score (nSPS) is 20.8. The molecule has 0 saturated carbocycles. The Bertz CT molecular complexity index is 1150. The molecule has 5 nitrogen and oxygen atoms in total. The van der Waals surface area contributed by atoms with Gasteiger partial charge >= 0.3 is 0 Å². The Labute approximate surface area is 187 Å². The van der Waals surface area contributed by atoms with E-state index in [-0.39, 0.29) is 23.0 Å². The fourth-order valence-corrected chi connectivity index (χ4v) is 5.02. The first-order valence-electron chi connectivity index (χ1n) is 9.28. The number of allylic oxidation sites excluding steroid dienone is 2. The lowest BCUT2D eigenvalue weighted by atomic mass is 9.80. The van der Waals surface area contributed by atoms with Gasteiger partial charge in [0, 0.05) is 21.8 Å². The molecule has 150 valence electrons. The number of hydrogen-bond donors (Lipinski definition) is 0. The molecule has 2 aromatic rings. The molecule has 0 N–H and O–H groups in total. The summed E-state index contributed by atoms with van der Waals surface area (Å²) in [6, 6.07) is 16.0. The quantitative estimate of drug-likeness (QED) is 0.354. The van der Waals surface area contributed by atoms with Crippen molar-refractivity contribution in [3.8, 4) is 5.75 Å². The monoisotopic (exact) mass is 511 g/mol. The lowest BCUT2D eigenvalue weighted by molar-refractivity contribution is -0.126. The standard InChI is InChI=1S/C24H18INO4/c1-26-23(29)20(22(28)16-8-10-18(30-2)11-9-16)21(15-6-4-3-5-7-15)24(26)13-12-17(27)14-19(24)25/h3-14H,1-2H3. The number of carbonyl (C=O) groups excluding carboxylic acids is 3. The van der Waals surface area contributed by atoms with Gasteiger partial charge in [-0.25, -0.2) is 0 Å². The first-order chi connectivity index (χ1) is 14.4. The SMILES string of the molecule is COc1ccc(C(=O)C2=C(c3ccccc3)C3(C=CC(=O)C=C3I)N(C)C2=O)cc1. The lowest BCUT2D eigenvalue weighted by Gasteiger charge is -2.37. The van der Waals surface area contributed by atoms with Crippen LogP contribution in [0.4, 0.5) is 0 Å². The number of benzene rings is 2. The topological polar surface area (TPSA) is 63.7 Å². The molecule has 1 aliphatic carbocycles. The summed E-state index contributed by atoms with van der Waals surface area (Å²) in [6.45, 7) is 0. The largest absolute Gasteiger partial charge is 0.497 e. The molecule has 4 rings (SSSR count). The number of likely N-dealkylation sites (N-methyl/N-ethyl adjacent to an activating group) is 1. The Morgan fingerprint density at radius 2 is 1.70 bits per heavy atom. The number of hydrogen-bond acceptors (Lipinski definition) is 4. The third-order valence-electron chi connectivity index (χ3n) is 5.44. The zero-order valence-electron chi connectivity index (χ0n) is 16.4. The van der Waals surface area contributed by atoms with Gasteiger partial charge in [0.25, 0.3) is 5.91 Å². The van der Waals surface area contributed by atoms with Crippen molar-refractivity contribution in [1.82, 2.24) is 4.90 Å². The average Bonchev–Trinajstić information content (AvgIpc) is 2.99. The fraction of sp³-hybridized carbons (Fsp3) is 0.125. The van der Waals surface area contributed by atoms with Gasteiger partial charge in [-0.2, -0.15) is 0 Å². The van der Waals surface area contributed by atoms with Gasteiger partial charge in [-0.15, -0.1) is 0 Å². The number of methoxy groups -OCH3 is 1. The second kappa shape index (κ2) is 7.68. The first-order valence-corrected chi connectivity index (χ1v) is 10.4. The van der Waals surface area contributed by atoms with Crippen molar-refractivity contribution in [3.05, 3.63) is 93.1 Å². The number of Topliss-reactive ketones (excluding diaryl/α,β-unsaturated/α-hetero) is 1. The van der Waals surface area contributed by atoms with Gasteiger partial charge in [-0.3, -0.25) is 14.4 Å². The number of amides is 1. The molecule has 1 heterocycles. The number of rotatable bonds is 4. The molecule has 2 aromatic carbocycles. The molecule has 1 unspecified atom stereocenters. The highest BCUT2D eigenvalue weighted by atomic mass is 127.